The summed E-state index contributed by atoms with van der Waals surface area (Å²) in [6, 6.07) is 4.72. The van der Waals surface area contributed by atoms with Crippen LogP contribution in [0.25, 0.3) is 0 Å². The van der Waals surface area contributed by atoms with Crippen LogP contribution in [0.1, 0.15) is 24.8 Å². The zero-order valence-electron chi connectivity index (χ0n) is 12.2. The molecule has 0 aliphatic carbocycles. The molecule has 20 heavy (non-hydrogen) atoms. The summed E-state index contributed by atoms with van der Waals surface area (Å²) in [5, 5.41) is 3.51. The fourth-order valence-corrected chi connectivity index (χ4v) is 3.55. The van der Waals surface area contributed by atoms with E-state index in [9.17, 15) is 0 Å². The summed E-state index contributed by atoms with van der Waals surface area (Å²) in [5.41, 5.74) is 1.35. The third-order valence-electron chi connectivity index (χ3n) is 4.74. The van der Waals surface area contributed by atoms with Gasteiger partial charge < -0.3 is 14.8 Å². The van der Waals surface area contributed by atoms with Crippen molar-refractivity contribution in [3.63, 3.8) is 0 Å². The number of aromatic nitrogens is 1. The zero-order chi connectivity index (χ0) is 13.8. The predicted octanol–water partition coefficient (Wildman–Crippen LogP) is 1.80. The molecule has 3 rings (SSSR count). The second kappa shape index (κ2) is 6.20. The molecular weight excluding hydrogens is 252 g/mol. The van der Waals surface area contributed by atoms with Crippen LogP contribution in [-0.2, 0) is 15.9 Å². The number of pyridine rings is 1. The van der Waals surface area contributed by atoms with Gasteiger partial charge in [0.25, 0.3) is 0 Å². The van der Waals surface area contributed by atoms with Crippen LogP contribution in [0.4, 0.5) is 0 Å². The molecule has 1 aromatic heterocycles. The molecule has 0 saturated carbocycles. The van der Waals surface area contributed by atoms with Gasteiger partial charge in [0.1, 0.15) is 0 Å². The van der Waals surface area contributed by atoms with Crippen LogP contribution in [0.3, 0.4) is 0 Å². The highest BCUT2D eigenvalue weighted by Crippen LogP contribution is 2.37. The van der Waals surface area contributed by atoms with Crippen molar-refractivity contribution in [2.24, 2.45) is 5.92 Å². The summed E-state index contributed by atoms with van der Waals surface area (Å²) in [6.07, 6.45) is 8.11. The molecule has 1 N–H and O–H groups in total. The maximum atomic E-state index is 6.04. The van der Waals surface area contributed by atoms with Gasteiger partial charge in [-0.25, -0.2) is 0 Å². The van der Waals surface area contributed by atoms with Crippen LogP contribution in [0, 0.1) is 5.92 Å². The van der Waals surface area contributed by atoms with Gasteiger partial charge >= 0.3 is 0 Å². The second-order valence-electron chi connectivity index (χ2n) is 6.04. The summed E-state index contributed by atoms with van der Waals surface area (Å²) in [7, 11) is 2.07. The van der Waals surface area contributed by atoms with Gasteiger partial charge in [0.15, 0.2) is 0 Å². The molecule has 1 aromatic rings. The molecule has 0 bridgehead atoms. The highest BCUT2D eigenvalue weighted by Gasteiger charge is 2.42. The Kier molecular flexibility index (Phi) is 4.34. The minimum absolute atomic E-state index is 0.00371. The average Bonchev–Trinajstić information content (AvgIpc) is 2.93. The van der Waals surface area contributed by atoms with Crippen LogP contribution in [0.15, 0.2) is 24.5 Å². The van der Waals surface area contributed by atoms with E-state index in [1.807, 2.05) is 12.4 Å². The fraction of sp³-hybridized carbons (Fsp3) is 0.688. The first-order valence-corrected chi connectivity index (χ1v) is 7.59. The van der Waals surface area contributed by atoms with Crippen molar-refractivity contribution >= 4 is 0 Å². The molecular formula is C16H24N2O2. The molecule has 4 nitrogen and oxygen atoms in total. The summed E-state index contributed by atoms with van der Waals surface area (Å²) in [6.45, 7) is 2.49. The molecule has 1 spiro atoms. The lowest BCUT2D eigenvalue weighted by atomic mass is 9.79. The van der Waals surface area contributed by atoms with Crippen LogP contribution < -0.4 is 5.32 Å². The highest BCUT2D eigenvalue weighted by molar-refractivity contribution is 5.12. The van der Waals surface area contributed by atoms with Gasteiger partial charge in [-0.3, -0.25) is 4.98 Å². The molecule has 110 valence electrons. The lowest BCUT2D eigenvalue weighted by molar-refractivity contribution is -0.102. The maximum absolute atomic E-state index is 6.04. The Hall–Kier alpha value is -0.970. The van der Waals surface area contributed by atoms with E-state index in [0.29, 0.717) is 12.0 Å². The largest absolute Gasteiger partial charge is 0.378 e. The molecule has 3 unspecified atom stereocenters. The average molecular weight is 276 g/mol. The lowest BCUT2D eigenvalue weighted by Gasteiger charge is -2.40. The molecule has 3 atom stereocenters. The minimum atomic E-state index is -0.00371. The van der Waals surface area contributed by atoms with E-state index < -0.39 is 0 Å². The first-order chi connectivity index (χ1) is 9.81. The SMILES string of the molecule is CNC(Cc1ccncc1)C1CCOC2(CCOC2)C1. The maximum Gasteiger partial charge on any atom is 0.0939 e. The van der Waals surface area contributed by atoms with Crippen molar-refractivity contribution < 1.29 is 9.47 Å². The van der Waals surface area contributed by atoms with E-state index in [2.05, 4.69) is 29.5 Å². The quantitative estimate of drug-likeness (QED) is 0.910. The number of hydrogen-bond acceptors (Lipinski definition) is 4. The summed E-state index contributed by atoms with van der Waals surface area (Å²) < 4.78 is 11.6. The van der Waals surface area contributed by atoms with Crippen molar-refractivity contribution in [2.75, 3.05) is 26.9 Å². The first-order valence-electron chi connectivity index (χ1n) is 7.59. The molecule has 0 aromatic carbocycles. The third-order valence-corrected chi connectivity index (χ3v) is 4.74. The molecule has 3 heterocycles. The number of likely N-dealkylation sites (N-methyl/N-ethyl adjacent to an activating group) is 1. The number of rotatable bonds is 4. The second-order valence-corrected chi connectivity index (χ2v) is 6.04. The van der Waals surface area contributed by atoms with Crippen molar-refractivity contribution in [1.29, 1.82) is 0 Å². The molecule has 4 heteroatoms. The van der Waals surface area contributed by atoms with Crippen molar-refractivity contribution in [3.8, 4) is 0 Å². The smallest absolute Gasteiger partial charge is 0.0939 e. The Labute approximate surface area is 120 Å². The number of hydrogen-bond donors (Lipinski definition) is 1. The van der Waals surface area contributed by atoms with Crippen LogP contribution >= 0.6 is 0 Å². The van der Waals surface area contributed by atoms with Gasteiger partial charge in [-0.05, 0) is 49.9 Å². The molecule has 0 radical (unpaired) electrons. The minimum Gasteiger partial charge on any atom is -0.378 e. The van der Waals surface area contributed by atoms with Crippen molar-refractivity contribution in [2.45, 2.75) is 37.3 Å². The standard InChI is InChI=1S/C16H24N2O2/c1-17-15(10-13-2-6-18-7-3-13)14-4-8-20-16(11-14)5-9-19-12-16/h2-3,6-7,14-15,17H,4-5,8-12H2,1H3. The van der Waals surface area contributed by atoms with Crippen molar-refractivity contribution in [3.05, 3.63) is 30.1 Å². The van der Waals surface area contributed by atoms with E-state index in [0.717, 1.165) is 45.5 Å². The Bertz CT molecular complexity index is 418. The third kappa shape index (κ3) is 3.03. The molecule has 2 aliphatic rings. The molecule has 2 fully saturated rings. The topological polar surface area (TPSA) is 43.4 Å². The number of nitrogens with one attached hydrogen (secondary N) is 1. The fourth-order valence-electron chi connectivity index (χ4n) is 3.55. The number of ether oxygens (including phenoxy) is 2. The van der Waals surface area contributed by atoms with E-state index in [-0.39, 0.29) is 5.60 Å². The van der Waals surface area contributed by atoms with Gasteiger partial charge in [-0.2, -0.15) is 0 Å². The summed E-state index contributed by atoms with van der Waals surface area (Å²) in [5.74, 6) is 0.656. The van der Waals surface area contributed by atoms with Crippen LogP contribution in [0.2, 0.25) is 0 Å². The Morgan fingerprint density at radius 2 is 2.25 bits per heavy atom. The van der Waals surface area contributed by atoms with Gasteiger partial charge in [0, 0.05) is 38.1 Å². The normalized spacial score (nSPS) is 31.6. The van der Waals surface area contributed by atoms with Gasteiger partial charge in [0.05, 0.1) is 12.2 Å². The Morgan fingerprint density at radius 3 is 2.95 bits per heavy atom. The predicted molar refractivity (Wildman–Crippen MR) is 77.6 cm³/mol. The Balaban J connectivity index is 1.66. The zero-order valence-corrected chi connectivity index (χ0v) is 12.2. The monoisotopic (exact) mass is 276 g/mol. The summed E-state index contributed by atoms with van der Waals surface area (Å²) in [4.78, 5) is 4.09. The molecule has 0 amide bonds. The van der Waals surface area contributed by atoms with E-state index >= 15 is 0 Å². The van der Waals surface area contributed by atoms with Crippen LogP contribution in [-0.4, -0.2) is 43.5 Å². The Morgan fingerprint density at radius 1 is 1.40 bits per heavy atom. The van der Waals surface area contributed by atoms with E-state index in [1.165, 1.54) is 5.56 Å². The summed E-state index contributed by atoms with van der Waals surface area (Å²) >= 11 is 0. The van der Waals surface area contributed by atoms with E-state index in [1.54, 1.807) is 0 Å². The van der Waals surface area contributed by atoms with Gasteiger partial charge in [-0.15, -0.1) is 0 Å². The van der Waals surface area contributed by atoms with Crippen LogP contribution in [0.5, 0.6) is 0 Å². The molecule has 2 aliphatic heterocycles. The van der Waals surface area contributed by atoms with Gasteiger partial charge in [-0.1, -0.05) is 0 Å². The first kappa shape index (κ1) is 14.0. The number of nitrogens with zero attached hydrogens (tertiary/aromatic N) is 1. The highest BCUT2D eigenvalue weighted by atomic mass is 16.6. The van der Waals surface area contributed by atoms with Gasteiger partial charge in [0.2, 0.25) is 0 Å². The lowest BCUT2D eigenvalue weighted by Crippen LogP contribution is -2.47. The van der Waals surface area contributed by atoms with Crippen molar-refractivity contribution in [1.82, 2.24) is 10.3 Å². The molecule has 2 saturated heterocycles. The van der Waals surface area contributed by atoms with E-state index in [4.69, 9.17) is 9.47 Å².